The van der Waals surface area contributed by atoms with Gasteiger partial charge in [0.25, 0.3) is 0 Å². The molecule has 3 heteroatoms. The molecule has 0 radical (unpaired) electrons. The molecular formula is C57H39NOSi. The van der Waals surface area contributed by atoms with E-state index in [1.807, 2.05) is 0 Å². The molecule has 0 saturated heterocycles. The number of benzene rings is 10. The lowest BCUT2D eigenvalue weighted by atomic mass is 9.59. The van der Waals surface area contributed by atoms with Crippen LogP contribution in [0.1, 0.15) is 22.3 Å². The quantitative estimate of drug-likeness (QED) is 0.166. The number of rotatable bonds is 3. The Bertz CT molecular complexity index is 3600. The van der Waals surface area contributed by atoms with Crippen molar-refractivity contribution >= 4 is 89.8 Å². The van der Waals surface area contributed by atoms with Gasteiger partial charge in [-0.3, -0.25) is 0 Å². The Hall–Kier alpha value is -7.20. The minimum absolute atomic E-state index is 0.488. The topological polar surface area (TPSA) is 16.4 Å². The zero-order valence-corrected chi connectivity index (χ0v) is 34.4. The predicted octanol–water partition coefficient (Wildman–Crippen LogP) is 14.0. The molecule has 282 valence electrons. The molecule has 13 rings (SSSR count). The van der Waals surface area contributed by atoms with Crippen LogP contribution in [0.2, 0.25) is 13.1 Å². The lowest BCUT2D eigenvalue weighted by molar-refractivity contribution is 0.669. The van der Waals surface area contributed by atoms with Gasteiger partial charge in [-0.2, -0.15) is 0 Å². The van der Waals surface area contributed by atoms with Gasteiger partial charge in [-0.15, -0.1) is 0 Å². The van der Waals surface area contributed by atoms with E-state index in [2.05, 4.69) is 218 Å². The van der Waals surface area contributed by atoms with Gasteiger partial charge in [-0.1, -0.05) is 165 Å². The third-order valence-electron chi connectivity index (χ3n) is 13.9. The number of hydrogen-bond donors (Lipinski definition) is 0. The summed E-state index contributed by atoms with van der Waals surface area (Å²) < 4.78 is 6.72. The highest BCUT2D eigenvalue weighted by Gasteiger charge is 2.52. The average molecular weight is 782 g/mol. The third-order valence-corrected chi connectivity index (χ3v) is 17.4. The summed E-state index contributed by atoms with van der Waals surface area (Å²) in [4.78, 5) is 2.47. The van der Waals surface area contributed by atoms with Crippen molar-refractivity contribution in [2.24, 2.45) is 0 Å². The van der Waals surface area contributed by atoms with Crippen molar-refractivity contribution in [1.82, 2.24) is 0 Å². The molecule has 11 aromatic rings. The molecule has 1 aromatic heterocycles. The zero-order valence-electron chi connectivity index (χ0n) is 33.4. The van der Waals surface area contributed by atoms with Crippen LogP contribution in [0.15, 0.2) is 205 Å². The molecule has 0 fully saturated rings. The van der Waals surface area contributed by atoms with E-state index in [4.69, 9.17) is 4.42 Å². The maximum Gasteiger partial charge on any atom is 0.137 e. The van der Waals surface area contributed by atoms with Gasteiger partial charge in [0.05, 0.1) is 11.1 Å². The van der Waals surface area contributed by atoms with Gasteiger partial charge in [-0.25, -0.2) is 0 Å². The zero-order chi connectivity index (χ0) is 39.7. The van der Waals surface area contributed by atoms with Crippen molar-refractivity contribution in [1.29, 1.82) is 0 Å². The first-order chi connectivity index (χ1) is 29.5. The summed E-state index contributed by atoms with van der Waals surface area (Å²) in [5, 5.41) is 12.7. The molecule has 0 saturated carbocycles. The van der Waals surface area contributed by atoms with Crippen molar-refractivity contribution in [3.8, 4) is 11.1 Å². The molecule has 2 nitrogen and oxygen atoms in total. The van der Waals surface area contributed by atoms with Gasteiger partial charge >= 0.3 is 0 Å². The number of furan rings is 1. The molecule has 0 bridgehead atoms. The Morgan fingerprint density at radius 3 is 1.88 bits per heavy atom. The molecule has 2 heterocycles. The molecule has 10 aromatic carbocycles. The van der Waals surface area contributed by atoms with Crippen LogP contribution in [0.5, 0.6) is 0 Å². The molecule has 2 aliphatic rings. The number of hydrogen-bond acceptors (Lipinski definition) is 2. The summed E-state index contributed by atoms with van der Waals surface area (Å²) in [7, 11) is -2.31. The van der Waals surface area contributed by atoms with Gasteiger partial charge < -0.3 is 9.32 Å². The highest BCUT2D eigenvalue weighted by atomic mass is 28.3. The SMILES string of the molecule is C[Si]1(C)c2ccccc2C2(c3ccccc3-c3cccc4cccc2c34)c2ccc(N(c3ccc4c(c3)oc3cc5ccccc5cc34)c3cccc4ccccc34)cc21. The van der Waals surface area contributed by atoms with Gasteiger partial charge in [-0.05, 0) is 113 Å². The summed E-state index contributed by atoms with van der Waals surface area (Å²) in [5.41, 5.74) is 12.8. The molecule has 0 amide bonds. The Balaban J connectivity index is 1.10. The smallest absolute Gasteiger partial charge is 0.137 e. The summed E-state index contributed by atoms with van der Waals surface area (Å²) in [6.07, 6.45) is 0. The standard InChI is InChI=1S/C57H39NOSi/c1-60(2)54-27-10-9-24-48(54)57(47-23-8-7-21-43(47)45-22-11-18-37-19-12-25-50(57)56(37)45)49-31-29-41(35-55(49)60)58(51-26-13-17-36-14-5-6-20-42(36)51)40-28-30-44-46-32-38-15-3-4-16-39(38)33-52(46)59-53(44)34-40/h3-35H,1-2H3. The highest BCUT2D eigenvalue weighted by Crippen LogP contribution is 2.56. The van der Waals surface area contributed by atoms with E-state index in [-0.39, 0.29) is 0 Å². The monoisotopic (exact) mass is 781 g/mol. The second-order valence-corrected chi connectivity index (χ2v) is 21.5. The van der Waals surface area contributed by atoms with Crippen molar-refractivity contribution in [3.05, 3.63) is 222 Å². The predicted molar refractivity (Wildman–Crippen MR) is 255 cm³/mol. The van der Waals surface area contributed by atoms with Crippen LogP contribution >= 0.6 is 0 Å². The van der Waals surface area contributed by atoms with Crippen molar-refractivity contribution in [2.45, 2.75) is 18.5 Å². The van der Waals surface area contributed by atoms with E-state index in [0.29, 0.717) is 0 Å². The summed E-state index contributed by atoms with van der Waals surface area (Å²) in [5.74, 6) is 0. The lowest BCUT2D eigenvalue weighted by Crippen LogP contribution is -2.63. The molecule has 1 spiro atoms. The Kier molecular flexibility index (Phi) is 6.84. The van der Waals surface area contributed by atoms with E-state index in [0.717, 1.165) is 39.0 Å². The maximum atomic E-state index is 6.72. The minimum Gasteiger partial charge on any atom is -0.456 e. The van der Waals surface area contributed by atoms with Gasteiger partial charge in [0, 0.05) is 33.6 Å². The van der Waals surface area contributed by atoms with Crippen molar-refractivity contribution in [2.75, 3.05) is 4.90 Å². The van der Waals surface area contributed by atoms with Crippen LogP contribution in [0.3, 0.4) is 0 Å². The van der Waals surface area contributed by atoms with Crippen molar-refractivity contribution < 1.29 is 4.42 Å². The second kappa shape index (κ2) is 12.2. The minimum atomic E-state index is -2.31. The number of nitrogens with zero attached hydrogens (tertiary/aromatic N) is 1. The van der Waals surface area contributed by atoms with Gasteiger partial charge in [0.1, 0.15) is 19.2 Å². The van der Waals surface area contributed by atoms with Crippen LogP contribution in [0.25, 0.3) is 65.4 Å². The lowest BCUT2D eigenvalue weighted by Gasteiger charge is -2.50. The number of fused-ring (bicyclic) bond motifs is 13. The van der Waals surface area contributed by atoms with E-state index < -0.39 is 13.5 Å². The van der Waals surface area contributed by atoms with E-state index in [1.165, 1.54) is 76.1 Å². The Morgan fingerprint density at radius 1 is 0.400 bits per heavy atom. The highest BCUT2D eigenvalue weighted by molar-refractivity contribution is 7.01. The molecule has 1 unspecified atom stereocenters. The van der Waals surface area contributed by atoms with Crippen LogP contribution in [0.4, 0.5) is 17.1 Å². The van der Waals surface area contributed by atoms with E-state index in [1.54, 1.807) is 0 Å². The molecule has 1 aliphatic heterocycles. The van der Waals surface area contributed by atoms with E-state index >= 15 is 0 Å². The fourth-order valence-corrected chi connectivity index (χ4v) is 14.4. The molecular weight excluding hydrogens is 743 g/mol. The normalized spacial score (nSPS) is 16.0. The molecule has 1 aliphatic carbocycles. The van der Waals surface area contributed by atoms with Crippen LogP contribution < -0.4 is 15.3 Å². The first-order valence-corrected chi connectivity index (χ1v) is 24.0. The summed E-state index contributed by atoms with van der Waals surface area (Å²) in [6, 6.07) is 74.9. The summed E-state index contributed by atoms with van der Waals surface area (Å²) in [6.45, 7) is 5.11. The van der Waals surface area contributed by atoms with Crippen molar-refractivity contribution in [3.63, 3.8) is 0 Å². The van der Waals surface area contributed by atoms with Crippen LogP contribution in [-0.4, -0.2) is 8.07 Å². The maximum absolute atomic E-state index is 6.72. The molecule has 0 N–H and O–H groups in total. The number of anilines is 3. The second-order valence-electron chi connectivity index (χ2n) is 17.2. The van der Waals surface area contributed by atoms with Crippen LogP contribution in [-0.2, 0) is 5.41 Å². The molecule has 60 heavy (non-hydrogen) atoms. The summed E-state index contributed by atoms with van der Waals surface area (Å²) >= 11 is 0. The molecule has 1 atom stereocenters. The Morgan fingerprint density at radius 2 is 1.00 bits per heavy atom. The first kappa shape index (κ1) is 33.7. The largest absolute Gasteiger partial charge is 0.456 e. The first-order valence-electron chi connectivity index (χ1n) is 21.0. The van der Waals surface area contributed by atoms with Crippen LogP contribution in [0, 0.1) is 0 Å². The van der Waals surface area contributed by atoms with Gasteiger partial charge in [0.15, 0.2) is 0 Å². The fraction of sp³-hybridized carbons (Fsp3) is 0.0526. The Labute approximate surface area is 349 Å². The third kappa shape index (κ3) is 4.42. The fourth-order valence-electron chi connectivity index (χ4n) is 11.2. The van der Waals surface area contributed by atoms with Gasteiger partial charge in [0.2, 0.25) is 0 Å². The average Bonchev–Trinajstić information content (AvgIpc) is 3.65. The van der Waals surface area contributed by atoms with E-state index in [9.17, 15) is 0 Å².